The third-order valence-electron chi connectivity index (χ3n) is 5.31. The zero-order chi connectivity index (χ0) is 20.2. The van der Waals surface area contributed by atoms with Crippen LogP contribution in [0, 0.1) is 0 Å². The van der Waals surface area contributed by atoms with Crippen molar-refractivity contribution in [1.82, 2.24) is 4.90 Å². The Morgan fingerprint density at radius 1 is 1.30 bits per heavy atom. The summed E-state index contributed by atoms with van der Waals surface area (Å²) in [5.74, 6) is 0.266. The summed E-state index contributed by atoms with van der Waals surface area (Å²) in [6.45, 7) is 19.1. The molecule has 1 heterocycles. The second-order valence-electron chi connectivity index (χ2n) is 8.26. The number of rotatable bonds is 6. The average Bonchev–Trinajstić information content (AvgIpc) is 2.93. The molecule has 1 unspecified atom stereocenters. The van der Waals surface area contributed by atoms with Crippen LogP contribution >= 0.6 is 0 Å². The van der Waals surface area contributed by atoms with E-state index < -0.39 is 14.4 Å². The SMILES string of the molecule is C=CC1OC(=C)N(C(=O)OCc2ccccc2)[C@H]1CO[Si](C)(C)C(C)(C)C. The van der Waals surface area contributed by atoms with Gasteiger partial charge in [0.15, 0.2) is 14.2 Å². The van der Waals surface area contributed by atoms with Crippen molar-refractivity contribution in [1.29, 1.82) is 0 Å². The molecule has 1 aliphatic heterocycles. The molecule has 0 aliphatic carbocycles. The van der Waals surface area contributed by atoms with E-state index in [1.165, 1.54) is 4.90 Å². The predicted molar refractivity (Wildman–Crippen MR) is 110 cm³/mol. The van der Waals surface area contributed by atoms with E-state index in [0.29, 0.717) is 6.61 Å². The van der Waals surface area contributed by atoms with Crippen molar-refractivity contribution in [3.05, 3.63) is 61.0 Å². The number of hydrogen-bond acceptors (Lipinski definition) is 4. The second kappa shape index (κ2) is 8.31. The average molecular weight is 390 g/mol. The van der Waals surface area contributed by atoms with Gasteiger partial charge in [-0.05, 0) is 36.4 Å². The van der Waals surface area contributed by atoms with E-state index in [-0.39, 0.29) is 29.7 Å². The maximum atomic E-state index is 12.7. The number of carbonyl (C=O) groups excluding carboxylic acids is 1. The molecule has 1 amide bonds. The third-order valence-corrected chi connectivity index (χ3v) is 9.81. The van der Waals surface area contributed by atoms with Crippen LogP contribution in [-0.2, 0) is 20.5 Å². The summed E-state index contributed by atoms with van der Waals surface area (Å²) in [5.41, 5.74) is 0.922. The minimum Gasteiger partial charge on any atom is -0.469 e. The van der Waals surface area contributed by atoms with Gasteiger partial charge in [-0.3, -0.25) is 0 Å². The maximum absolute atomic E-state index is 12.7. The Balaban J connectivity index is 2.08. The molecule has 0 bridgehead atoms. The van der Waals surface area contributed by atoms with Gasteiger partial charge in [0.05, 0.1) is 6.61 Å². The zero-order valence-corrected chi connectivity index (χ0v) is 18.0. The van der Waals surface area contributed by atoms with E-state index in [1.54, 1.807) is 6.08 Å². The lowest BCUT2D eigenvalue weighted by Crippen LogP contribution is -2.48. The molecule has 5 nitrogen and oxygen atoms in total. The first-order valence-corrected chi connectivity index (χ1v) is 12.1. The van der Waals surface area contributed by atoms with Crippen LogP contribution in [0.3, 0.4) is 0 Å². The molecule has 2 atom stereocenters. The Bertz CT molecular complexity index is 681. The van der Waals surface area contributed by atoms with E-state index in [4.69, 9.17) is 13.9 Å². The number of ether oxygens (including phenoxy) is 2. The van der Waals surface area contributed by atoms with Crippen LogP contribution in [0.25, 0.3) is 0 Å². The first-order chi connectivity index (χ1) is 12.6. The van der Waals surface area contributed by atoms with Gasteiger partial charge in [-0.1, -0.05) is 57.7 Å². The quantitative estimate of drug-likeness (QED) is 0.503. The zero-order valence-electron chi connectivity index (χ0n) is 17.0. The highest BCUT2D eigenvalue weighted by Gasteiger charge is 2.44. The molecule has 0 N–H and O–H groups in total. The van der Waals surface area contributed by atoms with Crippen LogP contribution < -0.4 is 0 Å². The topological polar surface area (TPSA) is 48.0 Å². The van der Waals surface area contributed by atoms with Crippen LogP contribution in [-0.4, -0.2) is 38.1 Å². The predicted octanol–water partition coefficient (Wildman–Crippen LogP) is 5.07. The normalized spacial score (nSPS) is 20.3. The minimum absolute atomic E-state index is 0.0752. The van der Waals surface area contributed by atoms with Gasteiger partial charge in [-0.2, -0.15) is 0 Å². The molecule has 1 aromatic carbocycles. The summed E-state index contributed by atoms with van der Waals surface area (Å²) >= 11 is 0. The number of nitrogens with zero attached hydrogens (tertiary/aromatic N) is 1. The van der Waals surface area contributed by atoms with Gasteiger partial charge in [-0.15, -0.1) is 0 Å². The maximum Gasteiger partial charge on any atom is 0.417 e. The lowest BCUT2D eigenvalue weighted by Gasteiger charge is -2.37. The molecule has 148 valence electrons. The Labute approximate surface area is 163 Å². The summed E-state index contributed by atoms with van der Waals surface area (Å²) in [6.07, 6.45) is 0.818. The highest BCUT2D eigenvalue weighted by atomic mass is 28.4. The van der Waals surface area contributed by atoms with Crippen molar-refractivity contribution in [2.45, 2.75) is 57.7 Å². The molecular weight excluding hydrogens is 358 g/mol. The highest BCUT2D eigenvalue weighted by Crippen LogP contribution is 2.37. The molecule has 0 radical (unpaired) electrons. The summed E-state index contributed by atoms with van der Waals surface area (Å²) in [6, 6.07) is 9.22. The Kier molecular flexibility index (Phi) is 6.54. The third kappa shape index (κ3) is 5.02. The van der Waals surface area contributed by atoms with Crippen molar-refractivity contribution in [3.8, 4) is 0 Å². The van der Waals surface area contributed by atoms with Gasteiger partial charge in [0.25, 0.3) is 0 Å². The Morgan fingerprint density at radius 3 is 2.48 bits per heavy atom. The lowest BCUT2D eigenvalue weighted by molar-refractivity contribution is 0.0890. The summed E-state index contributed by atoms with van der Waals surface area (Å²) in [4.78, 5) is 14.2. The number of benzene rings is 1. The largest absolute Gasteiger partial charge is 0.469 e. The summed E-state index contributed by atoms with van der Waals surface area (Å²) < 4.78 is 17.5. The molecule has 1 aliphatic rings. The first-order valence-electron chi connectivity index (χ1n) is 9.19. The number of carbonyl (C=O) groups is 1. The fraction of sp³-hybridized carbons (Fsp3) is 0.476. The van der Waals surface area contributed by atoms with Crippen LogP contribution in [0.5, 0.6) is 0 Å². The smallest absolute Gasteiger partial charge is 0.417 e. The Morgan fingerprint density at radius 2 is 1.93 bits per heavy atom. The standard InChI is InChI=1S/C21H31NO4Si/c1-8-19-18(15-25-27(6,7)21(3,4)5)22(16(2)26-19)20(23)24-14-17-12-10-9-11-13-17/h8-13,18-19H,1-2,14-15H2,3-7H3/t18-,19?/m0/s1. The molecule has 0 spiro atoms. The van der Waals surface area contributed by atoms with Crippen molar-refractivity contribution >= 4 is 14.4 Å². The first kappa shape index (κ1) is 21.2. The van der Waals surface area contributed by atoms with Gasteiger partial charge in [0.2, 0.25) is 0 Å². The molecule has 1 aromatic rings. The Hall–Kier alpha value is -2.05. The fourth-order valence-corrected chi connectivity index (χ4v) is 3.56. The van der Waals surface area contributed by atoms with Gasteiger partial charge >= 0.3 is 6.09 Å². The van der Waals surface area contributed by atoms with E-state index in [2.05, 4.69) is 47.0 Å². The highest BCUT2D eigenvalue weighted by molar-refractivity contribution is 6.74. The number of hydrogen-bond donors (Lipinski definition) is 0. The van der Waals surface area contributed by atoms with Crippen LogP contribution in [0.15, 0.2) is 55.4 Å². The molecule has 1 saturated heterocycles. The van der Waals surface area contributed by atoms with E-state index in [1.807, 2.05) is 30.3 Å². The summed E-state index contributed by atoms with van der Waals surface area (Å²) in [5, 5.41) is 0.0752. The van der Waals surface area contributed by atoms with Crippen LogP contribution in [0.1, 0.15) is 26.3 Å². The van der Waals surface area contributed by atoms with Gasteiger partial charge in [-0.25, -0.2) is 9.69 Å². The van der Waals surface area contributed by atoms with Gasteiger partial charge in [0.1, 0.15) is 18.8 Å². The fourth-order valence-electron chi connectivity index (χ4n) is 2.54. The van der Waals surface area contributed by atoms with Crippen LogP contribution in [0.2, 0.25) is 18.1 Å². The van der Waals surface area contributed by atoms with Crippen molar-refractivity contribution in [2.75, 3.05) is 6.61 Å². The van der Waals surface area contributed by atoms with Crippen LogP contribution in [0.4, 0.5) is 4.79 Å². The molecule has 0 aromatic heterocycles. The van der Waals surface area contributed by atoms with Gasteiger partial charge in [0, 0.05) is 0 Å². The molecule has 1 fully saturated rings. The molecule has 27 heavy (non-hydrogen) atoms. The lowest BCUT2D eigenvalue weighted by atomic mass is 10.1. The molecule has 6 heteroatoms. The number of amides is 1. The van der Waals surface area contributed by atoms with E-state index in [9.17, 15) is 4.79 Å². The van der Waals surface area contributed by atoms with Gasteiger partial charge < -0.3 is 13.9 Å². The van der Waals surface area contributed by atoms with Crippen molar-refractivity contribution in [3.63, 3.8) is 0 Å². The minimum atomic E-state index is -1.97. The summed E-state index contributed by atoms with van der Waals surface area (Å²) in [7, 11) is -1.97. The van der Waals surface area contributed by atoms with E-state index in [0.717, 1.165) is 5.56 Å². The molecular formula is C21H31NO4Si. The second-order valence-corrected chi connectivity index (χ2v) is 13.1. The monoisotopic (exact) mass is 389 g/mol. The molecule has 2 rings (SSSR count). The van der Waals surface area contributed by atoms with Crippen molar-refractivity contribution in [2.24, 2.45) is 0 Å². The van der Waals surface area contributed by atoms with Crippen molar-refractivity contribution < 1.29 is 18.7 Å². The van der Waals surface area contributed by atoms with E-state index >= 15 is 0 Å². The molecule has 0 saturated carbocycles.